The summed E-state index contributed by atoms with van der Waals surface area (Å²) < 4.78 is 10.5. The van der Waals surface area contributed by atoms with Gasteiger partial charge in [0.15, 0.2) is 11.5 Å². The minimum Gasteiger partial charge on any atom is -0.493 e. The summed E-state index contributed by atoms with van der Waals surface area (Å²) in [4.78, 5) is 0. The lowest BCUT2D eigenvalue weighted by Crippen LogP contribution is -2.00. The number of benzene rings is 2. The third-order valence-corrected chi connectivity index (χ3v) is 4.57. The van der Waals surface area contributed by atoms with Crippen LogP contribution in [0.2, 0.25) is 10.0 Å². The summed E-state index contributed by atoms with van der Waals surface area (Å²) in [6.07, 6.45) is 0. The fraction of sp³-hybridized carbons (Fsp3) is 0.250. The minimum absolute atomic E-state index is 0.420. The molecule has 1 unspecified atom stereocenters. The van der Waals surface area contributed by atoms with E-state index in [1.807, 2.05) is 25.1 Å². The number of ether oxygens (including phenoxy) is 2. The Morgan fingerprint density at radius 1 is 0.905 bits per heavy atom. The first-order valence-corrected chi connectivity index (χ1v) is 7.49. The van der Waals surface area contributed by atoms with E-state index in [2.05, 4.69) is 0 Å². The van der Waals surface area contributed by atoms with Gasteiger partial charge in [0.25, 0.3) is 0 Å². The molecule has 0 aliphatic rings. The Morgan fingerprint density at radius 2 is 1.52 bits per heavy atom. The van der Waals surface area contributed by atoms with Crippen LogP contribution in [0.4, 0.5) is 0 Å². The lowest BCUT2D eigenvalue weighted by Gasteiger charge is -2.18. The molecule has 2 aromatic rings. The topological polar surface area (TPSA) is 18.5 Å². The first-order chi connectivity index (χ1) is 9.99. The van der Waals surface area contributed by atoms with Crippen molar-refractivity contribution in [1.29, 1.82) is 0 Å². The van der Waals surface area contributed by atoms with Crippen LogP contribution in [0.5, 0.6) is 11.5 Å². The Balaban J connectivity index is 2.53. The molecule has 0 spiro atoms. The van der Waals surface area contributed by atoms with Crippen LogP contribution in [0, 0.1) is 6.92 Å². The molecule has 0 heterocycles. The number of rotatable bonds is 4. The maximum Gasteiger partial charge on any atom is 0.162 e. The molecule has 0 amide bonds. The minimum atomic E-state index is -0.420. The van der Waals surface area contributed by atoms with E-state index in [0.29, 0.717) is 21.5 Å². The molecule has 2 rings (SSSR count). The van der Waals surface area contributed by atoms with E-state index in [4.69, 9.17) is 44.3 Å². The van der Waals surface area contributed by atoms with Crippen LogP contribution in [0.1, 0.15) is 22.1 Å². The Hall–Kier alpha value is -1.09. The van der Waals surface area contributed by atoms with E-state index >= 15 is 0 Å². The van der Waals surface area contributed by atoms with Crippen LogP contribution in [0.25, 0.3) is 0 Å². The molecule has 0 aliphatic heterocycles. The second-order valence-electron chi connectivity index (χ2n) is 4.55. The van der Waals surface area contributed by atoms with Crippen molar-refractivity contribution in [2.75, 3.05) is 14.2 Å². The molecule has 0 saturated heterocycles. The second-order valence-corrected chi connectivity index (χ2v) is 5.80. The Labute approximate surface area is 139 Å². The van der Waals surface area contributed by atoms with Gasteiger partial charge in [-0.25, -0.2) is 0 Å². The Kier molecular flexibility index (Phi) is 5.26. The number of hydrogen-bond donors (Lipinski definition) is 0. The highest BCUT2D eigenvalue weighted by molar-refractivity contribution is 6.34. The maximum absolute atomic E-state index is 6.60. The van der Waals surface area contributed by atoms with Crippen molar-refractivity contribution in [1.82, 2.24) is 0 Å². The van der Waals surface area contributed by atoms with E-state index in [0.717, 1.165) is 16.7 Å². The molecule has 0 aromatic heterocycles. The van der Waals surface area contributed by atoms with Crippen molar-refractivity contribution < 1.29 is 9.47 Å². The largest absolute Gasteiger partial charge is 0.493 e. The summed E-state index contributed by atoms with van der Waals surface area (Å²) in [7, 11) is 3.14. The third kappa shape index (κ3) is 3.23. The van der Waals surface area contributed by atoms with Gasteiger partial charge in [-0.1, -0.05) is 35.3 Å². The van der Waals surface area contributed by atoms with Crippen LogP contribution in [-0.4, -0.2) is 14.2 Å². The first-order valence-electron chi connectivity index (χ1n) is 6.30. The lowest BCUT2D eigenvalue weighted by molar-refractivity contribution is 0.354. The van der Waals surface area contributed by atoms with Gasteiger partial charge in [0.1, 0.15) is 0 Å². The van der Waals surface area contributed by atoms with E-state index in [1.165, 1.54) is 0 Å². The molecule has 5 heteroatoms. The predicted molar refractivity (Wildman–Crippen MR) is 88.4 cm³/mol. The smallest absolute Gasteiger partial charge is 0.162 e. The summed E-state index contributed by atoms with van der Waals surface area (Å²) in [5, 5.41) is 0.776. The molecule has 0 saturated carbocycles. The van der Waals surface area contributed by atoms with Crippen LogP contribution in [0.15, 0.2) is 30.3 Å². The molecule has 112 valence electrons. The van der Waals surface area contributed by atoms with Gasteiger partial charge in [-0.15, -0.1) is 11.6 Å². The van der Waals surface area contributed by atoms with Gasteiger partial charge in [0.05, 0.1) is 19.6 Å². The summed E-state index contributed by atoms with van der Waals surface area (Å²) in [6.45, 7) is 1.93. The van der Waals surface area contributed by atoms with Crippen LogP contribution < -0.4 is 9.47 Å². The van der Waals surface area contributed by atoms with Crippen LogP contribution >= 0.6 is 34.8 Å². The molecule has 0 N–H and O–H groups in total. The standard InChI is InChI=1S/C16H15Cl3O2/c1-9-10(5-4-6-12(9)17)16(19)11-7-14(20-2)15(21-3)8-13(11)18/h4-8,16H,1-3H3. The number of methoxy groups -OCH3 is 2. The fourth-order valence-corrected chi connectivity index (χ4v) is 3.05. The Morgan fingerprint density at radius 3 is 2.14 bits per heavy atom. The van der Waals surface area contributed by atoms with Crippen molar-refractivity contribution in [3.8, 4) is 11.5 Å². The zero-order chi connectivity index (χ0) is 15.6. The van der Waals surface area contributed by atoms with Crippen LogP contribution in [0.3, 0.4) is 0 Å². The van der Waals surface area contributed by atoms with Gasteiger partial charge in [0, 0.05) is 16.1 Å². The van der Waals surface area contributed by atoms with Gasteiger partial charge in [-0.05, 0) is 35.7 Å². The summed E-state index contributed by atoms with van der Waals surface area (Å²) in [6, 6.07) is 9.13. The molecular formula is C16H15Cl3O2. The molecule has 2 nitrogen and oxygen atoms in total. The highest BCUT2D eigenvalue weighted by Crippen LogP contribution is 2.41. The zero-order valence-corrected chi connectivity index (χ0v) is 14.2. The SMILES string of the molecule is COc1cc(Cl)c(C(Cl)c2cccc(Cl)c2C)cc1OC. The average molecular weight is 346 g/mol. The van der Waals surface area contributed by atoms with E-state index < -0.39 is 5.38 Å². The summed E-state index contributed by atoms with van der Waals surface area (Å²) in [5.41, 5.74) is 2.60. The monoisotopic (exact) mass is 344 g/mol. The van der Waals surface area contributed by atoms with Gasteiger partial charge in [-0.2, -0.15) is 0 Å². The van der Waals surface area contributed by atoms with Crippen molar-refractivity contribution in [2.45, 2.75) is 12.3 Å². The van der Waals surface area contributed by atoms with E-state index in [-0.39, 0.29) is 0 Å². The molecule has 0 aliphatic carbocycles. The number of alkyl halides is 1. The number of hydrogen-bond acceptors (Lipinski definition) is 2. The molecule has 21 heavy (non-hydrogen) atoms. The Bertz CT molecular complexity index is 656. The van der Waals surface area contributed by atoms with Gasteiger partial charge in [0.2, 0.25) is 0 Å². The molecule has 0 bridgehead atoms. The first kappa shape index (κ1) is 16.3. The van der Waals surface area contributed by atoms with Crippen molar-refractivity contribution >= 4 is 34.8 Å². The van der Waals surface area contributed by atoms with Crippen LogP contribution in [-0.2, 0) is 0 Å². The maximum atomic E-state index is 6.60. The number of halogens is 3. The molecular weight excluding hydrogens is 331 g/mol. The third-order valence-electron chi connectivity index (χ3n) is 3.36. The summed E-state index contributed by atoms with van der Waals surface area (Å²) in [5.74, 6) is 1.15. The van der Waals surface area contributed by atoms with Crippen molar-refractivity contribution in [3.63, 3.8) is 0 Å². The van der Waals surface area contributed by atoms with Gasteiger partial charge >= 0.3 is 0 Å². The normalized spacial score (nSPS) is 12.1. The zero-order valence-electron chi connectivity index (χ0n) is 11.9. The highest BCUT2D eigenvalue weighted by Gasteiger charge is 2.20. The van der Waals surface area contributed by atoms with E-state index in [1.54, 1.807) is 26.4 Å². The van der Waals surface area contributed by atoms with Crippen molar-refractivity contribution in [2.24, 2.45) is 0 Å². The lowest BCUT2D eigenvalue weighted by atomic mass is 9.99. The molecule has 2 aromatic carbocycles. The molecule has 1 atom stereocenters. The predicted octanol–water partition coefficient (Wildman–Crippen LogP) is 5.65. The quantitative estimate of drug-likeness (QED) is 0.667. The van der Waals surface area contributed by atoms with Crippen molar-refractivity contribution in [3.05, 3.63) is 57.1 Å². The van der Waals surface area contributed by atoms with E-state index in [9.17, 15) is 0 Å². The second kappa shape index (κ2) is 6.78. The van der Waals surface area contributed by atoms with Gasteiger partial charge in [-0.3, -0.25) is 0 Å². The molecule has 0 radical (unpaired) electrons. The van der Waals surface area contributed by atoms with Gasteiger partial charge < -0.3 is 9.47 Å². The molecule has 0 fully saturated rings. The summed E-state index contributed by atoms with van der Waals surface area (Å²) >= 11 is 19.1. The highest BCUT2D eigenvalue weighted by atomic mass is 35.5. The average Bonchev–Trinajstić information content (AvgIpc) is 2.49. The fourth-order valence-electron chi connectivity index (χ4n) is 2.13.